The molecule has 1 heterocycles. The van der Waals surface area contributed by atoms with Crippen LogP contribution in [0.2, 0.25) is 5.02 Å². The van der Waals surface area contributed by atoms with E-state index in [2.05, 4.69) is 5.10 Å². The Bertz CT molecular complexity index is 522. The Morgan fingerprint density at radius 2 is 2.31 bits per heavy atom. The second-order valence-corrected chi connectivity index (χ2v) is 3.56. The van der Waals surface area contributed by atoms with E-state index in [1.807, 2.05) is 0 Å². The van der Waals surface area contributed by atoms with E-state index in [0.29, 0.717) is 16.3 Å². The third kappa shape index (κ3) is 1.92. The molecule has 0 fully saturated rings. The first kappa shape index (κ1) is 10.7. The van der Waals surface area contributed by atoms with E-state index in [1.165, 1.54) is 0 Å². The van der Waals surface area contributed by atoms with Crippen LogP contribution < -0.4 is 4.74 Å². The fourth-order valence-corrected chi connectivity index (χ4v) is 1.53. The Balaban J connectivity index is 2.40. The number of carbonyl (C=O) groups is 1. The molecule has 1 aromatic heterocycles. The van der Waals surface area contributed by atoms with Crippen molar-refractivity contribution in [1.29, 1.82) is 0 Å². The van der Waals surface area contributed by atoms with E-state index in [0.717, 1.165) is 12.0 Å². The molecule has 0 amide bonds. The number of carbonyl (C=O) groups excluding carboxylic acids is 1. The lowest BCUT2D eigenvalue weighted by molar-refractivity contribution is 0.112. The molecule has 0 aliphatic rings. The van der Waals surface area contributed by atoms with Crippen LogP contribution in [0.15, 0.2) is 30.6 Å². The molecule has 2 rings (SSSR count). The highest BCUT2D eigenvalue weighted by Gasteiger charge is 2.04. The first-order chi connectivity index (χ1) is 7.74. The number of benzene rings is 1. The number of aromatic nitrogens is 2. The van der Waals surface area contributed by atoms with Gasteiger partial charge in [0.25, 0.3) is 0 Å². The summed E-state index contributed by atoms with van der Waals surface area (Å²) in [7, 11) is 1.57. The van der Waals surface area contributed by atoms with E-state index in [-0.39, 0.29) is 0 Å². The zero-order valence-corrected chi connectivity index (χ0v) is 9.31. The highest BCUT2D eigenvalue weighted by Crippen LogP contribution is 2.20. The van der Waals surface area contributed by atoms with E-state index < -0.39 is 0 Å². The normalized spacial score (nSPS) is 10.1. The number of hydrogen-bond donors (Lipinski definition) is 0. The molecule has 0 atom stereocenters. The Labute approximate surface area is 97.4 Å². The van der Waals surface area contributed by atoms with Crippen molar-refractivity contribution in [2.75, 3.05) is 7.11 Å². The molecule has 2 aromatic rings. The minimum absolute atomic E-state index is 0.405. The van der Waals surface area contributed by atoms with E-state index >= 15 is 0 Å². The summed E-state index contributed by atoms with van der Waals surface area (Å²) in [6.07, 6.45) is 4.05. The number of rotatable bonds is 3. The quantitative estimate of drug-likeness (QED) is 0.769. The van der Waals surface area contributed by atoms with E-state index in [9.17, 15) is 4.79 Å². The second-order valence-electron chi connectivity index (χ2n) is 3.15. The molecular weight excluding hydrogens is 228 g/mol. The fraction of sp³-hybridized carbons (Fsp3) is 0.0909. The summed E-state index contributed by atoms with van der Waals surface area (Å²) in [5.74, 6) is 0.663. The topological polar surface area (TPSA) is 44.1 Å². The number of aldehydes is 1. The Morgan fingerprint density at radius 1 is 1.50 bits per heavy atom. The van der Waals surface area contributed by atoms with Gasteiger partial charge in [-0.1, -0.05) is 11.6 Å². The van der Waals surface area contributed by atoms with E-state index in [1.54, 1.807) is 42.4 Å². The van der Waals surface area contributed by atoms with Gasteiger partial charge in [0, 0.05) is 5.56 Å². The molecule has 82 valence electrons. The zero-order chi connectivity index (χ0) is 11.5. The number of halogens is 1. The maximum atomic E-state index is 10.6. The maximum Gasteiger partial charge on any atom is 0.157 e. The summed E-state index contributed by atoms with van der Waals surface area (Å²) >= 11 is 5.92. The molecule has 0 radical (unpaired) electrons. The molecule has 0 saturated carbocycles. The molecular formula is C11H9ClN2O2. The summed E-state index contributed by atoms with van der Waals surface area (Å²) in [6.45, 7) is 0. The smallest absolute Gasteiger partial charge is 0.157 e. The molecule has 0 unspecified atom stereocenters. The minimum Gasteiger partial charge on any atom is -0.493 e. The molecule has 0 aliphatic heterocycles. The van der Waals surface area contributed by atoms with Gasteiger partial charge in [-0.05, 0) is 18.2 Å². The number of hydrogen-bond acceptors (Lipinski definition) is 3. The highest BCUT2D eigenvalue weighted by atomic mass is 35.5. The van der Waals surface area contributed by atoms with Crippen LogP contribution in [0.25, 0.3) is 5.69 Å². The van der Waals surface area contributed by atoms with Crippen molar-refractivity contribution in [3.8, 4) is 11.4 Å². The van der Waals surface area contributed by atoms with Gasteiger partial charge in [0.1, 0.15) is 0 Å². The SMILES string of the molecule is COc1cnn(-c2ccc(C=O)c(Cl)c2)c1. The minimum atomic E-state index is 0.405. The molecule has 4 nitrogen and oxygen atoms in total. The van der Waals surface area contributed by atoms with Crippen molar-refractivity contribution in [1.82, 2.24) is 9.78 Å². The third-order valence-electron chi connectivity index (χ3n) is 2.17. The first-order valence-corrected chi connectivity index (χ1v) is 4.96. The molecule has 0 saturated heterocycles. The lowest BCUT2D eigenvalue weighted by Crippen LogP contribution is -1.95. The molecule has 0 bridgehead atoms. The number of methoxy groups -OCH3 is 1. The van der Waals surface area contributed by atoms with Gasteiger partial charge in [-0.2, -0.15) is 5.10 Å². The van der Waals surface area contributed by atoms with Crippen molar-refractivity contribution in [3.63, 3.8) is 0 Å². The van der Waals surface area contributed by atoms with Crippen LogP contribution >= 0.6 is 11.6 Å². The lowest BCUT2D eigenvalue weighted by Gasteiger charge is -2.02. The van der Waals surface area contributed by atoms with Crippen LogP contribution in [0.4, 0.5) is 0 Å². The molecule has 1 aromatic carbocycles. The Morgan fingerprint density at radius 3 is 2.88 bits per heavy atom. The Hall–Kier alpha value is -1.81. The summed E-state index contributed by atoms with van der Waals surface area (Å²) in [5, 5.41) is 4.50. The summed E-state index contributed by atoms with van der Waals surface area (Å²) < 4.78 is 6.64. The average molecular weight is 237 g/mol. The van der Waals surface area contributed by atoms with Crippen LogP contribution in [0.1, 0.15) is 10.4 Å². The zero-order valence-electron chi connectivity index (χ0n) is 8.55. The van der Waals surface area contributed by atoms with Crippen molar-refractivity contribution >= 4 is 17.9 Å². The molecule has 0 N–H and O–H groups in total. The van der Waals surface area contributed by atoms with Crippen molar-refractivity contribution in [2.24, 2.45) is 0 Å². The van der Waals surface area contributed by atoms with E-state index in [4.69, 9.17) is 16.3 Å². The molecule has 5 heteroatoms. The van der Waals surface area contributed by atoms with Gasteiger partial charge in [-0.25, -0.2) is 4.68 Å². The van der Waals surface area contributed by atoms with Gasteiger partial charge >= 0.3 is 0 Å². The number of nitrogens with zero attached hydrogens (tertiary/aromatic N) is 2. The van der Waals surface area contributed by atoms with Crippen molar-refractivity contribution in [3.05, 3.63) is 41.2 Å². The predicted molar refractivity (Wildman–Crippen MR) is 60.5 cm³/mol. The molecule has 0 spiro atoms. The number of ether oxygens (including phenoxy) is 1. The van der Waals surface area contributed by atoms with Gasteiger partial charge < -0.3 is 4.74 Å². The van der Waals surface area contributed by atoms with Crippen molar-refractivity contribution < 1.29 is 9.53 Å². The molecule has 0 aliphatic carbocycles. The first-order valence-electron chi connectivity index (χ1n) is 4.58. The van der Waals surface area contributed by atoms with Crippen molar-refractivity contribution in [2.45, 2.75) is 0 Å². The fourth-order valence-electron chi connectivity index (χ4n) is 1.31. The standard InChI is InChI=1S/C11H9ClN2O2/c1-16-10-5-13-14(6-10)9-3-2-8(7-15)11(12)4-9/h2-7H,1H3. The summed E-state index contributed by atoms with van der Waals surface area (Å²) in [6, 6.07) is 5.10. The third-order valence-corrected chi connectivity index (χ3v) is 2.50. The van der Waals surface area contributed by atoms with Crippen LogP contribution in [-0.4, -0.2) is 23.2 Å². The van der Waals surface area contributed by atoms with Gasteiger partial charge in [0.2, 0.25) is 0 Å². The van der Waals surface area contributed by atoms with Crippen LogP contribution in [-0.2, 0) is 0 Å². The van der Waals surface area contributed by atoms with Gasteiger partial charge in [0.15, 0.2) is 12.0 Å². The largest absolute Gasteiger partial charge is 0.493 e. The maximum absolute atomic E-state index is 10.6. The van der Waals surface area contributed by atoms with Gasteiger partial charge in [0.05, 0.1) is 30.2 Å². The summed E-state index contributed by atoms with van der Waals surface area (Å²) in [4.78, 5) is 10.6. The Kier molecular flexibility index (Phi) is 2.92. The van der Waals surface area contributed by atoms with Gasteiger partial charge in [-0.3, -0.25) is 4.79 Å². The highest BCUT2D eigenvalue weighted by molar-refractivity contribution is 6.33. The molecule has 16 heavy (non-hydrogen) atoms. The van der Waals surface area contributed by atoms with Gasteiger partial charge in [-0.15, -0.1) is 0 Å². The van der Waals surface area contributed by atoms with Crippen LogP contribution in [0.5, 0.6) is 5.75 Å². The summed E-state index contributed by atoms with van der Waals surface area (Å²) in [5.41, 5.74) is 1.24. The monoisotopic (exact) mass is 236 g/mol. The average Bonchev–Trinajstić information content (AvgIpc) is 2.77. The van der Waals surface area contributed by atoms with Crippen LogP contribution in [0, 0.1) is 0 Å². The van der Waals surface area contributed by atoms with Crippen LogP contribution in [0.3, 0.4) is 0 Å². The second kappa shape index (κ2) is 4.37. The lowest BCUT2D eigenvalue weighted by atomic mass is 10.2. The predicted octanol–water partition coefficient (Wildman–Crippen LogP) is 2.35.